The highest BCUT2D eigenvalue weighted by molar-refractivity contribution is 5.98. The van der Waals surface area contributed by atoms with Crippen molar-refractivity contribution in [3.05, 3.63) is 81.9 Å². The molecular weight excluding hydrogens is 384 g/mol. The van der Waals surface area contributed by atoms with Crippen molar-refractivity contribution in [1.82, 2.24) is 5.32 Å². The maximum Gasteiger partial charge on any atom is 0.273 e. The Morgan fingerprint density at radius 1 is 1.07 bits per heavy atom. The summed E-state index contributed by atoms with van der Waals surface area (Å²) in [6.07, 6.45) is 0.487. The van der Waals surface area contributed by atoms with Crippen LogP contribution in [-0.2, 0) is 4.74 Å². The molecule has 3 rings (SSSR count). The number of nitro groups is 1. The topological polar surface area (TPSA) is 90.7 Å². The van der Waals surface area contributed by atoms with Crippen LogP contribution in [0.3, 0.4) is 0 Å². The summed E-state index contributed by atoms with van der Waals surface area (Å²) in [7, 11) is 3.06. The zero-order valence-electron chi connectivity index (χ0n) is 17.0. The third-order valence-corrected chi connectivity index (χ3v) is 5.03. The first-order chi connectivity index (χ1) is 14.5. The molecule has 0 heterocycles. The number of carbonyl (C=O) groups excluding carboxylic acids is 1. The second-order valence-electron chi connectivity index (χ2n) is 6.94. The van der Waals surface area contributed by atoms with Gasteiger partial charge < -0.3 is 14.8 Å². The molecule has 1 amide bonds. The van der Waals surface area contributed by atoms with E-state index in [9.17, 15) is 14.9 Å². The number of ether oxygens (including phenoxy) is 2. The molecule has 0 fully saturated rings. The van der Waals surface area contributed by atoms with Crippen LogP contribution in [0.5, 0.6) is 5.75 Å². The molecule has 0 saturated heterocycles. The van der Waals surface area contributed by atoms with Gasteiger partial charge in [0.25, 0.3) is 11.6 Å². The molecule has 156 valence electrons. The van der Waals surface area contributed by atoms with Crippen LogP contribution in [0, 0.1) is 10.1 Å². The average Bonchev–Trinajstić information content (AvgIpc) is 2.77. The zero-order chi connectivity index (χ0) is 21.5. The van der Waals surface area contributed by atoms with Crippen molar-refractivity contribution in [2.24, 2.45) is 0 Å². The first-order valence-corrected chi connectivity index (χ1v) is 9.61. The summed E-state index contributed by atoms with van der Waals surface area (Å²) in [5.74, 6) is 0.0939. The van der Waals surface area contributed by atoms with Gasteiger partial charge in [0.05, 0.1) is 18.6 Å². The Balaban J connectivity index is 1.71. The van der Waals surface area contributed by atoms with Gasteiger partial charge in [0.15, 0.2) is 0 Å². The first-order valence-electron chi connectivity index (χ1n) is 9.61. The van der Waals surface area contributed by atoms with Crippen molar-refractivity contribution in [3.63, 3.8) is 0 Å². The molecule has 0 saturated carbocycles. The first kappa shape index (κ1) is 21.3. The van der Waals surface area contributed by atoms with Crippen LogP contribution in [0.15, 0.2) is 60.7 Å². The summed E-state index contributed by atoms with van der Waals surface area (Å²) < 4.78 is 10.5. The lowest BCUT2D eigenvalue weighted by molar-refractivity contribution is -0.385. The van der Waals surface area contributed by atoms with Gasteiger partial charge in [0.2, 0.25) is 0 Å². The molecule has 3 aromatic rings. The van der Waals surface area contributed by atoms with Gasteiger partial charge in [-0.05, 0) is 41.5 Å². The number of fused-ring (bicyclic) bond motifs is 1. The van der Waals surface area contributed by atoms with Gasteiger partial charge in [-0.25, -0.2) is 0 Å². The molecular formula is C23H24N2O5. The van der Waals surface area contributed by atoms with Crippen LogP contribution in [0.4, 0.5) is 5.69 Å². The predicted octanol–water partition coefficient (Wildman–Crippen LogP) is 4.31. The van der Waals surface area contributed by atoms with E-state index < -0.39 is 4.92 Å². The number of methoxy groups -OCH3 is 2. The molecule has 0 bridgehead atoms. The Labute approximate surface area is 174 Å². The molecule has 30 heavy (non-hydrogen) atoms. The average molecular weight is 408 g/mol. The Morgan fingerprint density at radius 2 is 1.83 bits per heavy atom. The van der Waals surface area contributed by atoms with E-state index in [1.54, 1.807) is 25.3 Å². The van der Waals surface area contributed by atoms with Crippen molar-refractivity contribution in [1.29, 1.82) is 0 Å². The number of benzene rings is 3. The van der Waals surface area contributed by atoms with Crippen molar-refractivity contribution < 1.29 is 19.2 Å². The van der Waals surface area contributed by atoms with E-state index in [2.05, 4.69) is 5.32 Å². The Hall–Kier alpha value is -3.45. The fourth-order valence-corrected chi connectivity index (χ4v) is 3.48. The number of carbonyl (C=O) groups is 1. The summed E-state index contributed by atoms with van der Waals surface area (Å²) >= 11 is 0. The highest BCUT2D eigenvalue weighted by Gasteiger charge is 2.23. The molecule has 0 aromatic heterocycles. The number of nitrogens with one attached hydrogen (secondary N) is 1. The maximum atomic E-state index is 12.6. The zero-order valence-corrected chi connectivity index (χ0v) is 17.0. The second-order valence-corrected chi connectivity index (χ2v) is 6.94. The highest BCUT2D eigenvalue weighted by atomic mass is 16.6. The molecule has 1 unspecified atom stereocenters. The molecule has 1 N–H and O–H groups in total. The number of nitro benzene ring substituents is 1. The van der Waals surface area contributed by atoms with E-state index in [-0.39, 0.29) is 17.5 Å². The van der Waals surface area contributed by atoms with E-state index >= 15 is 0 Å². The number of nitrogens with zero attached hydrogens (tertiary/aromatic N) is 1. The maximum absolute atomic E-state index is 12.6. The quantitative estimate of drug-likeness (QED) is 0.421. The number of hydrogen-bond acceptors (Lipinski definition) is 5. The highest BCUT2D eigenvalue weighted by Crippen LogP contribution is 2.32. The van der Waals surface area contributed by atoms with Crippen LogP contribution in [0.25, 0.3) is 10.8 Å². The van der Waals surface area contributed by atoms with E-state index in [1.807, 2.05) is 36.4 Å². The molecule has 7 heteroatoms. The summed E-state index contributed by atoms with van der Waals surface area (Å²) in [5.41, 5.74) is 1.12. The molecule has 7 nitrogen and oxygen atoms in total. The van der Waals surface area contributed by atoms with Crippen molar-refractivity contribution in [3.8, 4) is 5.75 Å². The normalized spacial score (nSPS) is 11.8. The second kappa shape index (κ2) is 9.84. The molecule has 0 aliphatic carbocycles. The summed E-state index contributed by atoms with van der Waals surface area (Å²) in [6, 6.07) is 18.1. The lowest BCUT2D eigenvalue weighted by Gasteiger charge is -2.18. The van der Waals surface area contributed by atoms with Gasteiger partial charge in [-0.1, -0.05) is 30.3 Å². The van der Waals surface area contributed by atoms with Gasteiger partial charge in [0.1, 0.15) is 5.75 Å². The van der Waals surface area contributed by atoms with Crippen LogP contribution >= 0.6 is 0 Å². The lowest BCUT2D eigenvalue weighted by Crippen LogP contribution is -2.26. The van der Waals surface area contributed by atoms with Crippen LogP contribution in [-0.4, -0.2) is 38.2 Å². The predicted molar refractivity (Wildman–Crippen MR) is 115 cm³/mol. The Kier molecular flexibility index (Phi) is 6.98. The molecule has 0 radical (unpaired) electrons. The van der Waals surface area contributed by atoms with Gasteiger partial charge in [-0.2, -0.15) is 0 Å². The van der Waals surface area contributed by atoms with Crippen LogP contribution in [0.1, 0.15) is 28.3 Å². The third kappa shape index (κ3) is 4.93. The lowest BCUT2D eigenvalue weighted by atomic mass is 9.94. The Morgan fingerprint density at radius 3 is 2.53 bits per heavy atom. The number of amides is 1. The monoisotopic (exact) mass is 408 g/mol. The largest absolute Gasteiger partial charge is 0.497 e. The van der Waals surface area contributed by atoms with Crippen LogP contribution in [0.2, 0.25) is 0 Å². The molecule has 1 atom stereocenters. The fourth-order valence-electron chi connectivity index (χ4n) is 3.48. The van der Waals surface area contributed by atoms with Crippen molar-refractivity contribution in [2.45, 2.75) is 12.3 Å². The Bertz CT molecular complexity index is 1050. The van der Waals surface area contributed by atoms with Crippen molar-refractivity contribution in [2.75, 3.05) is 27.4 Å². The fraction of sp³-hybridized carbons (Fsp3) is 0.261. The van der Waals surface area contributed by atoms with Crippen molar-refractivity contribution >= 4 is 22.4 Å². The van der Waals surface area contributed by atoms with Gasteiger partial charge in [-0.3, -0.25) is 14.9 Å². The van der Waals surface area contributed by atoms with Crippen LogP contribution < -0.4 is 10.1 Å². The minimum atomic E-state index is -0.412. The van der Waals surface area contributed by atoms with E-state index in [1.165, 1.54) is 13.2 Å². The smallest absolute Gasteiger partial charge is 0.273 e. The SMILES string of the molecule is COCC(CCNC(=O)c1ccc2ccccc2c1)c1cc(OC)ccc1[N+](=O)[O-]. The molecule has 0 aliphatic rings. The summed E-state index contributed by atoms with van der Waals surface area (Å²) in [6.45, 7) is 0.647. The minimum Gasteiger partial charge on any atom is -0.497 e. The minimum absolute atomic E-state index is 0.0127. The van der Waals surface area contributed by atoms with Gasteiger partial charge >= 0.3 is 0 Å². The summed E-state index contributed by atoms with van der Waals surface area (Å²) in [5, 5.41) is 16.4. The third-order valence-electron chi connectivity index (χ3n) is 5.03. The van der Waals surface area contributed by atoms with Gasteiger partial charge in [-0.15, -0.1) is 0 Å². The molecule has 0 aliphatic heterocycles. The molecule has 0 spiro atoms. The van der Waals surface area contributed by atoms with Gasteiger partial charge in [0, 0.05) is 36.8 Å². The number of rotatable bonds is 9. The van der Waals surface area contributed by atoms with E-state index in [0.717, 1.165) is 10.8 Å². The summed E-state index contributed by atoms with van der Waals surface area (Å²) in [4.78, 5) is 23.6. The number of hydrogen-bond donors (Lipinski definition) is 1. The van der Waals surface area contributed by atoms with E-state index in [0.29, 0.717) is 36.4 Å². The molecule has 3 aromatic carbocycles. The standard InChI is InChI=1S/C23H24N2O5/c1-29-15-19(21-14-20(30-2)9-10-22(21)25(27)28)11-12-24-23(26)18-8-7-16-5-3-4-6-17(16)13-18/h3-10,13-14,19H,11-12,15H2,1-2H3,(H,24,26). The van der Waals surface area contributed by atoms with E-state index in [4.69, 9.17) is 9.47 Å².